The van der Waals surface area contributed by atoms with Gasteiger partial charge in [-0.05, 0) is 12.6 Å². The van der Waals surface area contributed by atoms with Crippen LogP contribution in [0.3, 0.4) is 0 Å². The van der Waals surface area contributed by atoms with Crippen LogP contribution >= 0.6 is 0 Å². The zero-order valence-electron chi connectivity index (χ0n) is 10.1. The molecule has 0 unspecified atom stereocenters. The molecule has 5 heteroatoms. The maximum Gasteiger partial charge on any atom is 0.0762 e. The molecule has 0 saturated heterocycles. The highest BCUT2D eigenvalue weighted by atomic mass is 16.5. The van der Waals surface area contributed by atoms with E-state index in [0.29, 0.717) is 19.8 Å². The first-order chi connectivity index (χ1) is 7.86. The summed E-state index contributed by atoms with van der Waals surface area (Å²) in [6.07, 6.45) is 1.98. The SMILES string of the molecule is CCNCc1ccn(CCOCCOC)n1. The van der Waals surface area contributed by atoms with E-state index in [-0.39, 0.29) is 0 Å². The lowest BCUT2D eigenvalue weighted by Crippen LogP contribution is -2.13. The number of nitrogens with zero attached hydrogens (tertiary/aromatic N) is 2. The number of aromatic nitrogens is 2. The monoisotopic (exact) mass is 227 g/mol. The van der Waals surface area contributed by atoms with Crippen LogP contribution in [0.4, 0.5) is 0 Å². The molecule has 16 heavy (non-hydrogen) atoms. The molecular weight excluding hydrogens is 206 g/mol. The fourth-order valence-electron chi connectivity index (χ4n) is 1.28. The van der Waals surface area contributed by atoms with Crippen molar-refractivity contribution in [2.75, 3.05) is 33.5 Å². The van der Waals surface area contributed by atoms with Crippen LogP contribution < -0.4 is 5.32 Å². The lowest BCUT2D eigenvalue weighted by Gasteiger charge is -2.03. The molecule has 1 rings (SSSR count). The van der Waals surface area contributed by atoms with Gasteiger partial charge in [-0.3, -0.25) is 4.68 Å². The minimum absolute atomic E-state index is 0.641. The third kappa shape index (κ3) is 5.25. The molecule has 0 fully saturated rings. The Morgan fingerprint density at radius 1 is 1.38 bits per heavy atom. The lowest BCUT2D eigenvalue weighted by atomic mass is 10.4. The van der Waals surface area contributed by atoms with Crippen molar-refractivity contribution in [1.82, 2.24) is 15.1 Å². The maximum atomic E-state index is 5.37. The van der Waals surface area contributed by atoms with E-state index in [4.69, 9.17) is 9.47 Å². The van der Waals surface area contributed by atoms with Crippen LogP contribution in [-0.2, 0) is 22.6 Å². The second-order valence-corrected chi connectivity index (χ2v) is 3.46. The summed E-state index contributed by atoms with van der Waals surface area (Å²) >= 11 is 0. The van der Waals surface area contributed by atoms with E-state index >= 15 is 0 Å². The van der Waals surface area contributed by atoms with Crippen molar-refractivity contribution >= 4 is 0 Å². The van der Waals surface area contributed by atoms with E-state index in [1.54, 1.807) is 7.11 Å². The van der Waals surface area contributed by atoms with Crippen molar-refractivity contribution in [3.05, 3.63) is 18.0 Å². The van der Waals surface area contributed by atoms with Gasteiger partial charge in [0.05, 0.1) is 32.1 Å². The molecule has 92 valence electrons. The topological polar surface area (TPSA) is 48.3 Å². The Morgan fingerprint density at radius 2 is 2.25 bits per heavy atom. The molecule has 0 atom stereocenters. The van der Waals surface area contributed by atoms with Gasteiger partial charge in [-0.25, -0.2) is 0 Å². The molecule has 0 bridgehead atoms. The van der Waals surface area contributed by atoms with Crippen LogP contribution in [0.25, 0.3) is 0 Å². The van der Waals surface area contributed by atoms with Gasteiger partial charge in [0, 0.05) is 19.9 Å². The fourth-order valence-corrected chi connectivity index (χ4v) is 1.28. The van der Waals surface area contributed by atoms with Crippen molar-refractivity contribution in [3.8, 4) is 0 Å². The Bertz CT molecular complexity index is 276. The third-order valence-corrected chi connectivity index (χ3v) is 2.15. The fraction of sp³-hybridized carbons (Fsp3) is 0.727. The molecule has 0 aliphatic rings. The van der Waals surface area contributed by atoms with Gasteiger partial charge in [-0.2, -0.15) is 5.10 Å². The Labute approximate surface area is 96.7 Å². The predicted molar refractivity (Wildman–Crippen MR) is 62.3 cm³/mol. The minimum Gasteiger partial charge on any atom is -0.382 e. The summed E-state index contributed by atoms with van der Waals surface area (Å²) in [6, 6.07) is 2.03. The number of rotatable bonds is 9. The van der Waals surface area contributed by atoms with Crippen LogP contribution in [0.2, 0.25) is 0 Å². The Hall–Kier alpha value is -0.910. The highest BCUT2D eigenvalue weighted by Crippen LogP contribution is 1.95. The first-order valence-corrected chi connectivity index (χ1v) is 5.66. The summed E-state index contributed by atoms with van der Waals surface area (Å²) < 4.78 is 12.2. The van der Waals surface area contributed by atoms with Gasteiger partial charge in [-0.15, -0.1) is 0 Å². The summed E-state index contributed by atoms with van der Waals surface area (Å²) in [5, 5.41) is 7.65. The second-order valence-electron chi connectivity index (χ2n) is 3.46. The molecule has 0 amide bonds. The van der Waals surface area contributed by atoms with E-state index < -0.39 is 0 Å². The summed E-state index contributed by atoms with van der Waals surface area (Å²) in [4.78, 5) is 0. The highest BCUT2D eigenvalue weighted by molar-refractivity contribution is 4.98. The van der Waals surface area contributed by atoms with Crippen molar-refractivity contribution < 1.29 is 9.47 Å². The van der Waals surface area contributed by atoms with Crippen LogP contribution in [0.5, 0.6) is 0 Å². The molecule has 0 spiro atoms. The summed E-state index contributed by atoms with van der Waals surface area (Å²) in [5.74, 6) is 0. The van der Waals surface area contributed by atoms with Crippen LogP contribution in [-0.4, -0.2) is 43.3 Å². The summed E-state index contributed by atoms with van der Waals surface area (Å²) in [6.45, 7) is 6.62. The van der Waals surface area contributed by atoms with Gasteiger partial charge in [-0.1, -0.05) is 6.92 Å². The average molecular weight is 227 g/mol. The number of nitrogens with one attached hydrogen (secondary N) is 1. The second kappa shape index (κ2) is 8.27. The van der Waals surface area contributed by atoms with Crippen molar-refractivity contribution in [3.63, 3.8) is 0 Å². The molecule has 1 N–H and O–H groups in total. The minimum atomic E-state index is 0.641. The molecule has 0 aromatic carbocycles. The smallest absolute Gasteiger partial charge is 0.0762 e. The largest absolute Gasteiger partial charge is 0.382 e. The molecule has 1 aromatic rings. The van der Waals surface area contributed by atoms with Gasteiger partial charge in [0.2, 0.25) is 0 Å². The average Bonchev–Trinajstić information content (AvgIpc) is 2.74. The third-order valence-electron chi connectivity index (χ3n) is 2.15. The molecule has 0 aliphatic heterocycles. The molecule has 5 nitrogen and oxygen atoms in total. The first-order valence-electron chi connectivity index (χ1n) is 5.66. The number of methoxy groups -OCH3 is 1. The Balaban J connectivity index is 2.14. The van der Waals surface area contributed by atoms with Crippen molar-refractivity contribution in [2.24, 2.45) is 0 Å². The van der Waals surface area contributed by atoms with Gasteiger partial charge in [0.15, 0.2) is 0 Å². The van der Waals surface area contributed by atoms with E-state index in [0.717, 1.165) is 25.3 Å². The quantitative estimate of drug-likeness (QED) is 0.629. The zero-order valence-corrected chi connectivity index (χ0v) is 10.1. The normalized spacial score (nSPS) is 10.9. The number of ether oxygens (including phenoxy) is 2. The number of hydrogen-bond donors (Lipinski definition) is 1. The van der Waals surface area contributed by atoms with Gasteiger partial charge in [0.1, 0.15) is 0 Å². The lowest BCUT2D eigenvalue weighted by molar-refractivity contribution is 0.0654. The zero-order chi connectivity index (χ0) is 11.6. The number of hydrogen-bond acceptors (Lipinski definition) is 4. The Morgan fingerprint density at radius 3 is 3.00 bits per heavy atom. The van der Waals surface area contributed by atoms with Crippen LogP contribution in [0, 0.1) is 0 Å². The van der Waals surface area contributed by atoms with Crippen LogP contribution in [0.1, 0.15) is 12.6 Å². The van der Waals surface area contributed by atoms with E-state index in [1.165, 1.54) is 0 Å². The molecule has 1 aromatic heterocycles. The molecule has 0 saturated carbocycles. The van der Waals surface area contributed by atoms with Crippen LogP contribution in [0.15, 0.2) is 12.3 Å². The summed E-state index contributed by atoms with van der Waals surface area (Å²) in [5.41, 5.74) is 1.07. The van der Waals surface area contributed by atoms with E-state index in [2.05, 4.69) is 17.3 Å². The highest BCUT2D eigenvalue weighted by Gasteiger charge is 1.97. The predicted octanol–water partition coefficient (Wildman–Crippen LogP) is 0.656. The molecule has 0 aliphatic carbocycles. The van der Waals surface area contributed by atoms with Gasteiger partial charge in [0.25, 0.3) is 0 Å². The van der Waals surface area contributed by atoms with Crippen molar-refractivity contribution in [1.29, 1.82) is 0 Å². The van der Waals surface area contributed by atoms with E-state index in [9.17, 15) is 0 Å². The van der Waals surface area contributed by atoms with Gasteiger partial charge < -0.3 is 14.8 Å². The van der Waals surface area contributed by atoms with Crippen molar-refractivity contribution in [2.45, 2.75) is 20.0 Å². The van der Waals surface area contributed by atoms with E-state index in [1.807, 2.05) is 16.9 Å². The molecule has 1 heterocycles. The van der Waals surface area contributed by atoms with Gasteiger partial charge >= 0.3 is 0 Å². The Kier molecular flexibility index (Phi) is 6.80. The standard InChI is InChI=1S/C11H21N3O2/c1-3-12-10-11-4-5-14(13-11)6-7-16-9-8-15-2/h4-5,12H,3,6-10H2,1-2H3. The summed E-state index contributed by atoms with van der Waals surface area (Å²) in [7, 11) is 1.67. The maximum absolute atomic E-state index is 5.37. The molecule has 0 radical (unpaired) electrons. The first kappa shape index (κ1) is 13.2. The molecular formula is C11H21N3O2.